The number of allylic oxidation sites excluding steroid dienone is 4. The van der Waals surface area contributed by atoms with Gasteiger partial charge in [-0.3, -0.25) is 0 Å². The second kappa shape index (κ2) is 5.03. The molecule has 2 aliphatic carbocycles. The van der Waals surface area contributed by atoms with E-state index in [1.54, 1.807) is 0 Å². The van der Waals surface area contributed by atoms with Crippen LogP contribution in [0.15, 0.2) is 22.9 Å². The van der Waals surface area contributed by atoms with Crippen molar-refractivity contribution >= 4 is 0 Å². The standard InChI is InChI=1S/C16H18N4/c1-10(2)14-12-6-4-3-5-11(12)13(7-17)15(20)16(14,8-18)9-19/h5,10,12,14H,3-4,6,20H2,1-2H3/t12-,14+/m0/s1. The third kappa shape index (κ3) is 1.71. The molecular weight excluding hydrogens is 248 g/mol. The summed E-state index contributed by atoms with van der Waals surface area (Å²) in [4.78, 5) is 0. The Morgan fingerprint density at radius 1 is 1.30 bits per heavy atom. The summed E-state index contributed by atoms with van der Waals surface area (Å²) in [6, 6.07) is 6.37. The number of nitrogens with zero attached hydrogens (tertiary/aromatic N) is 3. The lowest BCUT2D eigenvalue weighted by Gasteiger charge is -2.45. The van der Waals surface area contributed by atoms with Gasteiger partial charge in [-0.15, -0.1) is 0 Å². The summed E-state index contributed by atoms with van der Waals surface area (Å²) in [6.45, 7) is 4.04. The van der Waals surface area contributed by atoms with Gasteiger partial charge in [0.25, 0.3) is 0 Å². The molecule has 4 nitrogen and oxygen atoms in total. The fourth-order valence-electron chi connectivity index (χ4n) is 3.78. The van der Waals surface area contributed by atoms with E-state index in [0.29, 0.717) is 5.57 Å². The van der Waals surface area contributed by atoms with Crippen LogP contribution in [0.4, 0.5) is 0 Å². The number of hydrogen-bond acceptors (Lipinski definition) is 4. The maximum absolute atomic E-state index is 9.62. The highest BCUT2D eigenvalue weighted by molar-refractivity contribution is 5.56. The van der Waals surface area contributed by atoms with Gasteiger partial charge in [0, 0.05) is 5.92 Å². The van der Waals surface area contributed by atoms with Crippen molar-refractivity contribution in [1.29, 1.82) is 15.8 Å². The van der Waals surface area contributed by atoms with Gasteiger partial charge in [-0.25, -0.2) is 0 Å². The van der Waals surface area contributed by atoms with E-state index in [4.69, 9.17) is 5.73 Å². The molecule has 0 saturated carbocycles. The molecule has 0 aromatic carbocycles. The van der Waals surface area contributed by atoms with Gasteiger partial charge in [0.05, 0.1) is 23.4 Å². The van der Waals surface area contributed by atoms with Crippen molar-refractivity contribution in [2.75, 3.05) is 0 Å². The van der Waals surface area contributed by atoms with Crippen molar-refractivity contribution in [2.45, 2.75) is 33.1 Å². The first-order valence-corrected chi connectivity index (χ1v) is 6.96. The van der Waals surface area contributed by atoms with Crippen molar-refractivity contribution in [3.8, 4) is 18.2 Å². The van der Waals surface area contributed by atoms with Crippen molar-refractivity contribution in [1.82, 2.24) is 0 Å². The van der Waals surface area contributed by atoms with Gasteiger partial charge in [0.2, 0.25) is 0 Å². The van der Waals surface area contributed by atoms with E-state index < -0.39 is 5.41 Å². The Morgan fingerprint density at radius 2 is 1.95 bits per heavy atom. The zero-order chi connectivity index (χ0) is 14.9. The summed E-state index contributed by atoms with van der Waals surface area (Å²) >= 11 is 0. The summed E-state index contributed by atoms with van der Waals surface area (Å²) in [7, 11) is 0. The molecule has 2 N–H and O–H groups in total. The highest BCUT2D eigenvalue weighted by Crippen LogP contribution is 2.53. The minimum atomic E-state index is -1.38. The molecule has 0 saturated heterocycles. The second-order valence-electron chi connectivity index (χ2n) is 5.90. The zero-order valence-electron chi connectivity index (χ0n) is 11.8. The average molecular weight is 266 g/mol. The molecule has 0 aromatic heterocycles. The molecule has 0 heterocycles. The van der Waals surface area contributed by atoms with E-state index >= 15 is 0 Å². The van der Waals surface area contributed by atoms with Crippen LogP contribution in [-0.4, -0.2) is 0 Å². The lowest BCUT2D eigenvalue weighted by molar-refractivity contribution is 0.172. The van der Waals surface area contributed by atoms with E-state index in [-0.39, 0.29) is 23.5 Å². The van der Waals surface area contributed by atoms with Gasteiger partial charge >= 0.3 is 0 Å². The molecule has 4 heteroatoms. The van der Waals surface area contributed by atoms with E-state index in [0.717, 1.165) is 24.8 Å². The maximum atomic E-state index is 9.62. The third-order valence-corrected chi connectivity index (χ3v) is 4.58. The second-order valence-corrected chi connectivity index (χ2v) is 5.90. The number of fused-ring (bicyclic) bond motifs is 1. The van der Waals surface area contributed by atoms with E-state index in [2.05, 4.69) is 24.3 Å². The number of nitrogens with two attached hydrogens (primary N) is 1. The van der Waals surface area contributed by atoms with Crippen LogP contribution in [0.2, 0.25) is 0 Å². The Hall–Kier alpha value is -2.25. The molecule has 0 bridgehead atoms. The van der Waals surface area contributed by atoms with Gasteiger partial charge in [0.1, 0.15) is 6.07 Å². The Labute approximate surface area is 119 Å². The van der Waals surface area contributed by atoms with Crippen LogP contribution in [0.25, 0.3) is 0 Å². The molecule has 2 atom stereocenters. The fraction of sp³-hybridized carbons (Fsp3) is 0.562. The Morgan fingerprint density at radius 3 is 2.45 bits per heavy atom. The molecule has 0 radical (unpaired) electrons. The lowest BCUT2D eigenvalue weighted by Crippen LogP contribution is -2.46. The highest BCUT2D eigenvalue weighted by Gasteiger charge is 2.53. The average Bonchev–Trinajstić information content (AvgIpc) is 2.46. The first-order chi connectivity index (χ1) is 9.53. The third-order valence-electron chi connectivity index (χ3n) is 4.58. The molecule has 0 aromatic rings. The van der Waals surface area contributed by atoms with Crippen LogP contribution in [-0.2, 0) is 0 Å². The summed E-state index contributed by atoms with van der Waals surface area (Å²) < 4.78 is 0. The predicted octanol–water partition coefficient (Wildman–Crippen LogP) is 2.77. The van der Waals surface area contributed by atoms with Crippen molar-refractivity contribution in [3.63, 3.8) is 0 Å². The number of hydrogen-bond donors (Lipinski definition) is 1. The molecule has 0 amide bonds. The number of nitriles is 3. The monoisotopic (exact) mass is 266 g/mol. The Balaban J connectivity index is 2.78. The minimum Gasteiger partial charge on any atom is -0.399 e. The summed E-state index contributed by atoms with van der Waals surface area (Å²) in [5.41, 5.74) is 6.18. The van der Waals surface area contributed by atoms with Crippen molar-refractivity contribution in [3.05, 3.63) is 22.9 Å². The molecule has 2 rings (SSSR count). The van der Waals surface area contributed by atoms with Gasteiger partial charge in [0.15, 0.2) is 5.41 Å². The van der Waals surface area contributed by atoms with Gasteiger partial charge in [-0.1, -0.05) is 19.9 Å². The first kappa shape index (κ1) is 14.2. The smallest absolute Gasteiger partial charge is 0.187 e. The summed E-state index contributed by atoms with van der Waals surface area (Å²) in [6.07, 6.45) is 4.94. The molecule has 20 heavy (non-hydrogen) atoms. The van der Waals surface area contributed by atoms with Gasteiger partial charge in [-0.05, 0) is 36.7 Å². The van der Waals surface area contributed by atoms with Crippen LogP contribution >= 0.6 is 0 Å². The Kier molecular flexibility index (Phi) is 3.56. The molecule has 2 aliphatic rings. The maximum Gasteiger partial charge on any atom is 0.187 e. The molecular formula is C16H18N4. The topological polar surface area (TPSA) is 97.4 Å². The van der Waals surface area contributed by atoms with Crippen molar-refractivity contribution < 1.29 is 0 Å². The van der Waals surface area contributed by atoms with Gasteiger partial charge in [-0.2, -0.15) is 15.8 Å². The normalized spacial score (nSPS) is 27.9. The van der Waals surface area contributed by atoms with Crippen LogP contribution in [0.3, 0.4) is 0 Å². The SMILES string of the molecule is CC(C)[C@@H]1[C@H]2CCCC=C2C(C#N)=C(N)C1(C#N)C#N. The van der Waals surface area contributed by atoms with Crippen LogP contribution < -0.4 is 5.73 Å². The van der Waals surface area contributed by atoms with Gasteiger partial charge < -0.3 is 5.73 Å². The van der Waals surface area contributed by atoms with E-state index in [9.17, 15) is 15.8 Å². The van der Waals surface area contributed by atoms with Crippen LogP contribution in [0.1, 0.15) is 33.1 Å². The molecule has 0 fully saturated rings. The minimum absolute atomic E-state index is 0.0880. The Bertz CT molecular complexity index is 590. The van der Waals surface area contributed by atoms with Crippen LogP contribution in [0, 0.1) is 57.2 Å². The molecule has 0 aliphatic heterocycles. The predicted molar refractivity (Wildman–Crippen MR) is 74.2 cm³/mol. The quantitative estimate of drug-likeness (QED) is 0.789. The van der Waals surface area contributed by atoms with Crippen molar-refractivity contribution in [2.24, 2.45) is 28.9 Å². The zero-order valence-corrected chi connectivity index (χ0v) is 11.8. The van der Waals surface area contributed by atoms with E-state index in [1.165, 1.54) is 0 Å². The summed E-state index contributed by atoms with van der Waals surface area (Å²) in [5.74, 6) is 0.0887. The first-order valence-electron chi connectivity index (χ1n) is 6.96. The number of rotatable bonds is 1. The van der Waals surface area contributed by atoms with E-state index in [1.807, 2.05) is 13.8 Å². The fourth-order valence-corrected chi connectivity index (χ4v) is 3.78. The summed E-state index contributed by atoms with van der Waals surface area (Å²) in [5, 5.41) is 28.6. The molecule has 0 spiro atoms. The lowest BCUT2D eigenvalue weighted by atomic mass is 9.55. The van der Waals surface area contributed by atoms with Crippen LogP contribution in [0.5, 0.6) is 0 Å². The molecule has 0 unspecified atom stereocenters. The largest absolute Gasteiger partial charge is 0.399 e. The highest BCUT2D eigenvalue weighted by atomic mass is 14.7. The molecule has 102 valence electrons.